The first-order chi connectivity index (χ1) is 9.60. The van der Waals surface area contributed by atoms with Gasteiger partial charge in [0.2, 0.25) is 0 Å². The van der Waals surface area contributed by atoms with Crippen molar-refractivity contribution >= 4 is 11.6 Å². The van der Waals surface area contributed by atoms with E-state index in [-0.39, 0.29) is 23.8 Å². The summed E-state index contributed by atoms with van der Waals surface area (Å²) in [7, 11) is 0. The lowest BCUT2D eigenvalue weighted by Gasteiger charge is -2.09. The van der Waals surface area contributed by atoms with Gasteiger partial charge in [-0.2, -0.15) is 0 Å². The molecule has 0 aliphatic rings. The number of nitrogen functional groups attached to an aromatic ring is 1. The van der Waals surface area contributed by atoms with E-state index in [2.05, 4.69) is 5.32 Å². The summed E-state index contributed by atoms with van der Waals surface area (Å²) in [5.74, 6) is -0.362. The van der Waals surface area contributed by atoms with E-state index >= 15 is 0 Å². The number of aliphatic hydroxyl groups is 1. The van der Waals surface area contributed by atoms with Gasteiger partial charge in [-0.25, -0.2) is 0 Å². The minimum absolute atomic E-state index is 0.00775. The fourth-order valence-corrected chi connectivity index (χ4v) is 1.86. The number of hydrogen-bond donors (Lipinski definition) is 4. The van der Waals surface area contributed by atoms with Crippen LogP contribution < -0.4 is 11.1 Å². The number of nitrogens with one attached hydrogen (secondary N) is 1. The van der Waals surface area contributed by atoms with E-state index in [4.69, 9.17) is 10.8 Å². The van der Waals surface area contributed by atoms with Gasteiger partial charge in [0, 0.05) is 12.2 Å². The second-order valence-electron chi connectivity index (χ2n) is 4.43. The molecule has 104 valence electrons. The standard InChI is InChI=1S/C15H16N2O3/c16-14-5-4-12(19)7-13(14)15(20)17-8-10-2-1-3-11(6-10)9-18/h1-7,18-19H,8-9,16H2,(H,17,20). The predicted molar refractivity (Wildman–Crippen MR) is 76.1 cm³/mol. The first-order valence-corrected chi connectivity index (χ1v) is 6.15. The number of aromatic hydroxyl groups is 1. The average Bonchev–Trinajstić information content (AvgIpc) is 2.47. The molecule has 2 aromatic carbocycles. The van der Waals surface area contributed by atoms with Gasteiger partial charge in [-0.1, -0.05) is 24.3 Å². The summed E-state index contributed by atoms with van der Waals surface area (Å²) in [5, 5.41) is 21.2. The van der Waals surface area contributed by atoms with Gasteiger partial charge in [0.25, 0.3) is 5.91 Å². The van der Waals surface area contributed by atoms with Crippen LogP contribution >= 0.6 is 0 Å². The molecular weight excluding hydrogens is 256 g/mol. The van der Waals surface area contributed by atoms with Crippen molar-refractivity contribution in [3.8, 4) is 5.75 Å². The number of phenols is 1. The molecule has 5 heteroatoms. The minimum atomic E-state index is -0.354. The lowest BCUT2D eigenvalue weighted by atomic mass is 10.1. The van der Waals surface area contributed by atoms with Gasteiger partial charge in [0.05, 0.1) is 12.2 Å². The third-order valence-electron chi connectivity index (χ3n) is 2.91. The van der Waals surface area contributed by atoms with E-state index in [1.54, 1.807) is 6.07 Å². The number of hydrogen-bond acceptors (Lipinski definition) is 4. The third kappa shape index (κ3) is 3.27. The summed E-state index contributed by atoms with van der Waals surface area (Å²) < 4.78 is 0. The molecule has 20 heavy (non-hydrogen) atoms. The lowest BCUT2D eigenvalue weighted by Crippen LogP contribution is -2.23. The van der Waals surface area contributed by atoms with Crippen molar-refractivity contribution in [1.29, 1.82) is 0 Å². The molecule has 0 heterocycles. The molecule has 0 spiro atoms. The normalized spacial score (nSPS) is 10.2. The number of aliphatic hydroxyl groups excluding tert-OH is 1. The van der Waals surface area contributed by atoms with Crippen molar-refractivity contribution in [2.45, 2.75) is 13.2 Å². The Bertz CT molecular complexity index is 626. The Morgan fingerprint density at radius 1 is 1.15 bits per heavy atom. The number of anilines is 1. The maximum absolute atomic E-state index is 12.0. The van der Waals surface area contributed by atoms with Crippen LogP contribution in [0.5, 0.6) is 5.75 Å². The second-order valence-corrected chi connectivity index (χ2v) is 4.43. The number of nitrogens with two attached hydrogens (primary N) is 1. The van der Waals surface area contributed by atoms with Crippen molar-refractivity contribution in [2.24, 2.45) is 0 Å². The van der Waals surface area contributed by atoms with Crippen LogP contribution in [0.25, 0.3) is 0 Å². The van der Waals surface area contributed by atoms with Crippen molar-refractivity contribution < 1.29 is 15.0 Å². The molecule has 0 fully saturated rings. The zero-order valence-corrected chi connectivity index (χ0v) is 10.8. The Morgan fingerprint density at radius 2 is 1.90 bits per heavy atom. The Labute approximate surface area is 116 Å². The maximum Gasteiger partial charge on any atom is 0.253 e. The number of carbonyl (C=O) groups is 1. The van der Waals surface area contributed by atoms with E-state index in [0.717, 1.165) is 11.1 Å². The largest absolute Gasteiger partial charge is 0.508 e. The van der Waals surface area contributed by atoms with Crippen LogP contribution in [0.15, 0.2) is 42.5 Å². The summed E-state index contributed by atoms with van der Waals surface area (Å²) in [4.78, 5) is 12.0. The summed E-state index contributed by atoms with van der Waals surface area (Å²) in [6, 6.07) is 11.5. The molecule has 0 radical (unpaired) electrons. The molecule has 2 aromatic rings. The minimum Gasteiger partial charge on any atom is -0.508 e. The van der Waals surface area contributed by atoms with Gasteiger partial charge < -0.3 is 21.3 Å². The number of amides is 1. The summed E-state index contributed by atoms with van der Waals surface area (Å²) in [6.07, 6.45) is 0. The maximum atomic E-state index is 12.0. The summed E-state index contributed by atoms with van der Waals surface area (Å²) in [5.41, 5.74) is 7.91. The van der Waals surface area contributed by atoms with Crippen molar-refractivity contribution in [1.82, 2.24) is 5.32 Å². The number of phenolic OH excluding ortho intramolecular Hbond substituents is 1. The van der Waals surface area contributed by atoms with Crippen LogP contribution in [0.4, 0.5) is 5.69 Å². The predicted octanol–water partition coefficient (Wildman–Crippen LogP) is 1.40. The molecule has 2 rings (SSSR count). The molecule has 1 amide bonds. The van der Waals surface area contributed by atoms with Gasteiger partial charge in [-0.15, -0.1) is 0 Å². The number of carbonyl (C=O) groups excluding carboxylic acids is 1. The fraction of sp³-hybridized carbons (Fsp3) is 0.133. The highest BCUT2D eigenvalue weighted by molar-refractivity contribution is 5.99. The molecule has 0 saturated carbocycles. The number of benzene rings is 2. The molecule has 5 nitrogen and oxygen atoms in total. The van der Waals surface area contributed by atoms with E-state index in [9.17, 15) is 9.90 Å². The van der Waals surface area contributed by atoms with Crippen LogP contribution in [0.3, 0.4) is 0 Å². The summed E-state index contributed by atoms with van der Waals surface area (Å²) >= 11 is 0. The molecule has 0 aromatic heterocycles. The average molecular weight is 272 g/mol. The first kappa shape index (κ1) is 13.9. The highest BCUT2D eigenvalue weighted by Crippen LogP contribution is 2.18. The fourth-order valence-electron chi connectivity index (χ4n) is 1.86. The molecule has 0 unspecified atom stereocenters. The number of rotatable bonds is 4. The van der Waals surface area contributed by atoms with Gasteiger partial charge in [-0.3, -0.25) is 4.79 Å². The smallest absolute Gasteiger partial charge is 0.253 e. The van der Waals surface area contributed by atoms with Crippen molar-refractivity contribution in [3.05, 3.63) is 59.2 Å². The molecule has 0 bridgehead atoms. The Balaban J connectivity index is 2.06. The van der Waals surface area contributed by atoms with Crippen LogP contribution in [-0.4, -0.2) is 16.1 Å². The van der Waals surface area contributed by atoms with Gasteiger partial charge in [-0.05, 0) is 29.3 Å². The molecule has 0 atom stereocenters. The first-order valence-electron chi connectivity index (χ1n) is 6.15. The molecular formula is C15H16N2O3. The second kappa shape index (κ2) is 6.08. The van der Waals surface area contributed by atoms with E-state index in [1.165, 1.54) is 18.2 Å². The summed E-state index contributed by atoms with van der Waals surface area (Å²) in [6.45, 7) is 0.281. The Hall–Kier alpha value is -2.53. The molecule has 0 aliphatic carbocycles. The van der Waals surface area contributed by atoms with Gasteiger partial charge in [0.1, 0.15) is 5.75 Å². The van der Waals surface area contributed by atoms with Crippen LogP contribution in [0, 0.1) is 0 Å². The molecule has 5 N–H and O–H groups in total. The molecule has 0 saturated heterocycles. The SMILES string of the molecule is Nc1ccc(O)cc1C(=O)NCc1cccc(CO)c1. The topological polar surface area (TPSA) is 95.6 Å². The quantitative estimate of drug-likeness (QED) is 0.499. The molecule has 0 aliphatic heterocycles. The Morgan fingerprint density at radius 3 is 2.65 bits per heavy atom. The zero-order chi connectivity index (χ0) is 14.5. The van der Waals surface area contributed by atoms with E-state index in [0.29, 0.717) is 12.2 Å². The van der Waals surface area contributed by atoms with Crippen LogP contribution in [0.2, 0.25) is 0 Å². The van der Waals surface area contributed by atoms with Gasteiger partial charge >= 0.3 is 0 Å². The Kier molecular flexibility index (Phi) is 4.22. The van der Waals surface area contributed by atoms with E-state index < -0.39 is 0 Å². The lowest BCUT2D eigenvalue weighted by molar-refractivity contribution is 0.0951. The van der Waals surface area contributed by atoms with Gasteiger partial charge in [0.15, 0.2) is 0 Å². The van der Waals surface area contributed by atoms with Crippen molar-refractivity contribution in [3.63, 3.8) is 0 Å². The van der Waals surface area contributed by atoms with Crippen LogP contribution in [0.1, 0.15) is 21.5 Å². The van der Waals surface area contributed by atoms with E-state index in [1.807, 2.05) is 18.2 Å². The van der Waals surface area contributed by atoms with Crippen LogP contribution in [-0.2, 0) is 13.2 Å². The zero-order valence-electron chi connectivity index (χ0n) is 10.8. The monoisotopic (exact) mass is 272 g/mol. The highest BCUT2D eigenvalue weighted by Gasteiger charge is 2.10. The highest BCUT2D eigenvalue weighted by atomic mass is 16.3. The van der Waals surface area contributed by atoms with Crippen molar-refractivity contribution in [2.75, 3.05) is 5.73 Å². The third-order valence-corrected chi connectivity index (χ3v) is 2.91.